The van der Waals surface area contributed by atoms with Crippen molar-refractivity contribution in [1.29, 1.82) is 0 Å². The molecule has 0 aliphatic rings. The molecule has 0 bridgehead atoms. The van der Waals surface area contributed by atoms with Crippen LogP contribution in [0.25, 0.3) is 0 Å². The first-order chi connectivity index (χ1) is 8.90. The molecule has 0 saturated heterocycles. The van der Waals surface area contributed by atoms with Gasteiger partial charge in [0.2, 0.25) is 10.0 Å². The van der Waals surface area contributed by atoms with Gasteiger partial charge in [0.05, 0.1) is 17.9 Å². The van der Waals surface area contributed by atoms with E-state index in [0.29, 0.717) is 5.56 Å². The highest BCUT2D eigenvalue weighted by Gasteiger charge is 2.20. The summed E-state index contributed by atoms with van der Waals surface area (Å²) in [5, 5.41) is 17.6. The van der Waals surface area contributed by atoms with Crippen LogP contribution >= 0.6 is 0 Å². The first-order valence-corrected chi connectivity index (χ1v) is 7.42. The second-order valence-corrected chi connectivity index (χ2v) is 5.94. The fraction of sp³-hybridized carbons (Fsp3) is 0.417. The summed E-state index contributed by atoms with van der Waals surface area (Å²) in [4.78, 5) is 10.7. The van der Waals surface area contributed by atoms with E-state index in [0.717, 1.165) is 0 Å². The lowest BCUT2D eigenvalue weighted by atomic mass is 10.1. The normalized spacial score (nSPS) is 11.7. The molecule has 0 aromatic heterocycles. The maximum absolute atomic E-state index is 12.0. The van der Waals surface area contributed by atoms with Gasteiger partial charge in [-0.3, -0.25) is 0 Å². The van der Waals surface area contributed by atoms with E-state index < -0.39 is 16.0 Å². The third-order valence-corrected chi connectivity index (χ3v) is 4.57. The van der Waals surface area contributed by atoms with Crippen LogP contribution in [-0.4, -0.2) is 48.6 Å². The largest absolute Gasteiger partial charge is 0.478 e. The van der Waals surface area contributed by atoms with E-state index in [-0.39, 0.29) is 31.0 Å². The Morgan fingerprint density at radius 2 is 1.84 bits per heavy atom. The van der Waals surface area contributed by atoms with Crippen LogP contribution in [0.4, 0.5) is 0 Å². The van der Waals surface area contributed by atoms with E-state index in [1.807, 2.05) is 0 Å². The predicted octanol–water partition coefficient (Wildman–Crippen LogP) is 0.529. The van der Waals surface area contributed by atoms with Gasteiger partial charge in [0.1, 0.15) is 0 Å². The Hall–Kier alpha value is -1.44. The molecule has 0 aliphatic carbocycles. The molecule has 106 valence electrons. The first-order valence-electron chi connectivity index (χ1n) is 5.81. The van der Waals surface area contributed by atoms with Gasteiger partial charge in [-0.25, -0.2) is 13.2 Å². The van der Waals surface area contributed by atoms with E-state index in [9.17, 15) is 13.2 Å². The lowest BCUT2D eigenvalue weighted by Gasteiger charge is -2.19. The topological polar surface area (TPSA) is 94.9 Å². The van der Waals surface area contributed by atoms with Gasteiger partial charge in [-0.05, 0) is 17.7 Å². The van der Waals surface area contributed by atoms with Gasteiger partial charge in [0, 0.05) is 13.1 Å². The number of aliphatic hydroxyl groups excluding tert-OH is 1. The number of aromatic carboxylic acids is 1. The molecule has 19 heavy (non-hydrogen) atoms. The number of carboxylic acid groups (broad SMARTS) is 1. The summed E-state index contributed by atoms with van der Waals surface area (Å²) in [6.07, 6.45) is 0. The number of rotatable bonds is 7. The molecule has 0 heterocycles. The van der Waals surface area contributed by atoms with Crippen LogP contribution in [0, 0.1) is 0 Å². The number of carboxylic acids is 1. The lowest BCUT2D eigenvalue weighted by Crippen LogP contribution is -2.34. The van der Waals surface area contributed by atoms with Crippen LogP contribution in [0.2, 0.25) is 0 Å². The molecule has 0 fully saturated rings. The van der Waals surface area contributed by atoms with Crippen LogP contribution in [0.1, 0.15) is 22.8 Å². The van der Waals surface area contributed by atoms with Gasteiger partial charge in [0.25, 0.3) is 0 Å². The van der Waals surface area contributed by atoms with Gasteiger partial charge >= 0.3 is 5.97 Å². The van der Waals surface area contributed by atoms with Crippen molar-refractivity contribution in [3.63, 3.8) is 0 Å². The van der Waals surface area contributed by atoms with Crippen molar-refractivity contribution >= 4 is 16.0 Å². The van der Waals surface area contributed by atoms with Gasteiger partial charge < -0.3 is 10.2 Å². The predicted molar refractivity (Wildman–Crippen MR) is 70.4 cm³/mol. The quantitative estimate of drug-likeness (QED) is 0.762. The molecule has 7 heteroatoms. The number of sulfonamides is 1. The zero-order chi connectivity index (χ0) is 14.5. The summed E-state index contributed by atoms with van der Waals surface area (Å²) in [7, 11) is -3.49. The Kier molecular flexibility index (Phi) is 5.46. The third-order valence-electron chi connectivity index (χ3n) is 2.65. The number of likely N-dealkylation sites (N-methyl/N-ethyl adjacent to an activating group) is 1. The van der Waals surface area contributed by atoms with Crippen molar-refractivity contribution in [2.45, 2.75) is 12.7 Å². The lowest BCUT2D eigenvalue weighted by molar-refractivity contribution is 0.0697. The smallest absolute Gasteiger partial charge is 0.335 e. The zero-order valence-electron chi connectivity index (χ0n) is 10.6. The first kappa shape index (κ1) is 15.6. The number of hydrogen-bond acceptors (Lipinski definition) is 4. The third kappa shape index (κ3) is 4.30. The van der Waals surface area contributed by atoms with E-state index in [4.69, 9.17) is 10.2 Å². The van der Waals surface area contributed by atoms with E-state index in [1.54, 1.807) is 6.92 Å². The molecule has 0 amide bonds. The highest BCUT2D eigenvalue weighted by molar-refractivity contribution is 7.88. The molecule has 1 aromatic carbocycles. The Morgan fingerprint density at radius 3 is 2.26 bits per heavy atom. The van der Waals surface area contributed by atoms with Crippen LogP contribution in [0.15, 0.2) is 24.3 Å². The minimum Gasteiger partial charge on any atom is -0.478 e. The van der Waals surface area contributed by atoms with Crippen molar-refractivity contribution < 1.29 is 23.4 Å². The van der Waals surface area contributed by atoms with Crippen molar-refractivity contribution in [2.75, 3.05) is 19.7 Å². The molecule has 0 saturated carbocycles. The SMILES string of the molecule is CCN(CCO)S(=O)(=O)Cc1ccc(C(=O)O)cc1. The van der Waals surface area contributed by atoms with Crippen LogP contribution < -0.4 is 0 Å². The molecule has 0 radical (unpaired) electrons. The Labute approximate surface area is 112 Å². The fourth-order valence-corrected chi connectivity index (χ4v) is 3.20. The molecule has 6 nitrogen and oxygen atoms in total. The summed E-state index contributed by atoms with van der Waals surface area (Å²) in [6.45, 7) is 1.81. The average Bonchev–Trinajstić information content (AvgIpc) is 2.35. The van der Waals surface area contributed by atoms with E-state index in [2.05, 4.69) is 0 Å². The molecule has 0 unspecified atom stereocenters. The molecule has 1 aromatic rings. The minimum absolute atomic E-state index is 0.0616. The van der Waals surface area contributed by atoms with Crippen molar-refractivity contribution in [2.24, 2.45) is 0 Å². The maximum atomic E-state index is 12.0. The number of carbonyl (C=O) groups is 1. The molecule has 2 N–H and O–H groups in total. The monoisotopic (exact) mass is 287 g/mol. The van der Waals surface area contributed by atoms with Crippen molar-refractivity contribution in [3.8, 4) is 0 Å². The Balaban J connectivity index is 2.85. The van der Waals surface area contributed by atoms with Crippen LogP contribution in [0.3, 0.4) is 0 Å². The average molecular weight is 287 g/mol. The zero-order valence-corrected chi connectivity index (χ0v) is 11.4. The molecule has 0 spiro atoms. The maximum Gasteiger partial charge on any atom is 0.335 e. The van der Waals surface area contributed by atoms with Crippen LogP contribution in [0.5, 0.6) is 0 Å². The number of aliphatic hydroxyl groups is 1. The van der Waals surface area contributed by atoms with Gasteiger partial charge in [-0.2, -0.15) is 4.31 Å². The summed E-state index contributed by atoms with van der Waals surface area (Å²) < 4.78 is 25.3. The minimum atomic E-state index is -3.49. The van der Waals surface area contributed by atoms with E-state index >= 15 is 0 Å². The summed E-state index contributed by atoms with van der Waals surface area (Å²) in [6, 6.07) is 5.70. The molecule has 0 atom stereocenters. The molecular formula is C12H17NO5S. The Bertz CT molecular complexity index is 524. The summed E-state index contributed by atoms with van der Waals surface area (Å²) >= 11 is 0. The highest BCUT2D eigenvalue weighted by Crippen LogP contribution is 2.12. The van der Waals surface area contributed by atoms with Crippen molar-refractivity contribution in [3.05, 3.63) is 35.4 Å². The molecular weight excluding hydrogens is 270 g/mol. The van der Waals surface area contributed by atoms with Gasteiger partial charge in [-0.1, -0.05) is 19.1 Å². The van der Waals surface area contributed by atoms with Gasteiger partial charge in [-0.15, -0.1) is 0 Å². The van der Waals surface area contributed by atoms with Crippen molar-refractivity contribution in [1.82, 2.24) is 4.31 Å². The number of hydrogen-bond donors (Lipinski definition) is 2. The Morgan fingerprint density at radius 1 is 1.26 bits per heavy atom. The second kappa shape index (κ2) is 6.65. The van der Waals surface area contributed by atoms with E-state index in [1.165, 1.54) is 28.6 Å². The van der Waals surface area contributed by atoms with Gasteiger partial charge in [0.15, 0.2) is 0 Å². The number of benzene rings is 1. The number of nitrogens with zero attached hydrogens (tertiary/aromatic N) is 1. The standard InChI is InChI=1S/C12H17NO5S/c1-2-13(7-8-14)19(17,18)9-10-3-5-11(6-4-10)12(15)16/h3-6,14H,2,7-9H2,1H3,(H,15,16). The summed E-state index contributed by atoms with van der Waals surface area (Å²) in [5.74, 6) is -1.26. The molecule has 0 aliphatic heterocycles. The van der Waals surface area contributed by atoms with Crippen LogP contribution in [-0.2, 0) is 15.8 Å². The summed E-state index contributed by atoms with van der Waals surface area (Å²) in [5.41, 5.74) is 0.630. The fourth-order valence-electron chi connectivity index (χ4n) is 1.65. The highest BCUT2D eigenvalue weighted by atomic mass is 32.2. The second-order valence-electron chi connectivity index (χ2n) is 3.97. The molecule has 1 rings (SSSR count).